The van der Waals surface area contributed by atoms with Crippen LogP contribution in [-0.2, 0) is 57.6 Å². The number of carbonyl (C=O) groups is 6. The van der Waals surface area contributed by atoms with Gasteiger partial charge >= 0.3 is 5.97 Å². The van der Waals surface area contributed by atoms with E-state index in [0.29, 0.717) is 79.3 Å². The van der Waals surface area contributed by atoms with Crippen LogP contribution in [0.4, 0.5) is 0 Å². The Kier molecular flexibility index (Phi) is 24.2. The molecule has 0 spiro atoms. The summed E-state index contributed by atoms with van der Waals surface area (Å²) in [6, 6.07) is 28.1. The predicted molar refractivity (Wildman–Crippen MR) is 354 cm³/mol. The number of benzene rings is 5. The minimum atomic E-state index is -0.875. The van der Waals surface area contributed by atoms with Crippen LogP contribution in [0.5, 0.6) is 23.0 Å². The number of Topliss-reactive ketones (excluding diaryl/α,β-unsaturated/α-hetero) is 1. The largest absolute Gasteiger partial charge is 0.493 e. The normalized spacial score (nSPS) is 17.2. The molecule has 1 aromatic heterocycles. The Morgan fingerprint density at radius 3 is 2.30 bits per heavy atom. The number of ketones is 1. The van der Waals surface area contributed by atoms with E-state index < -0.39 is 48.1 Å². The van der Waals surface area contributed by atoms with Gasteiger partial charge in [0.15, 0.2) is 23.9 Å². The van der Waals surface area contributed by atoms with Crippen molar-refractivity contribution in [2.75, 3.05) is 67.1 Å². The Bertz CT molecular complexity index is 3610. The smallest absolute Gasteiger partial charge is 0.329 e. The van der Waals surface area contributed by atoms with Gasteiger partial charge in [-0.1, -0.05) is 87.5 Å². The molecule has 0 bridgehead atoms. The van der Waals surface area contributed by atoms with Crippen LogP contribution in [0.3, 0.4) is 0 Å². The van der Waals surface area contributed by atoms with Gasteiger partial charge in [-0.05, 0) is 159 Å². The van der Waals surface area contributed by atoms with Crippen LogP contribution in [0, 0.1) is 33.6 Å². The number of rotatable bonds is 31. The Morgan fingerprint density at radius 1 is 0.763 bits per heavy atom. The van der Waals surface area contributed by atoms with Gasteiger partial charge in [0.25, 0.3) is 11.8 Å². The van der Waals surface area contributed by atoms with Crippen molar-refractivity contribution in [2.45, 2.75) is 149 Å². The molecular weight excluding hydrogens is 1200 g/mol. The maximum atomic E-state index is 14.5. The number of nitrogens with zero attached hydrogens (tertiary/aromatic N) is 4. The summed E-state index contributed by atoms with van der Waals surface area (Å²) in [4.78, 5) is 94.3. The van der Waals surface area contributed by atoms with Crippen molar-refractivity contribution in [1.29, 1.82) is 0 Å². The van der Waals surface area contributed by atoms with E-state index in [4.69, 9.17) is 33.2 Å². The van der Waals surface area contributed by atoms with Gasteiger partial charge < -0.3 is 58.3 Å². The van der Waals surface area contributed by atoms with Gasteiger partial charge in [0.05, 0.1) is 68.2 Å². The van der Waals surface area contributed by atoms with E-state index >= 15 is 0 Å². The third-order valence-electron chi connectivity index (χ3n) is 17.9. The maximum absolute atomic E-state index is 14.5. The van der Waals surface area contributed by atoms with Crippen molar-refractivity contribution in [3.63, 3.8) is 0 Å². The van der Waals surface area contributed by atoms with Crippen LogP contribution in [0.2, 0.25) is 0 Å². The van der Waals surface area contributed by atoms with Crippen molar-refractivity contribution in [3.05, 3.63) is 158 Å². The third kappa shape index (κ3) is 17.2. The minimum Gasteiger partial charge on any atom is -0.493 e. The number of amides is 4. The van der Waals surface area contributed by atoms with E-state index in [1.807, 2.05) is 83.1 Å². The van der Waals surface area contributed by atoms with Crippen molar-refractivity contribution in [1.82, 2.24) is 25.0 Å². The molecule has 3 aliphatic rings. The zero-order chi connectivity index (χ0) is 66.3. The first kappa shape index (κ1) is 69.2. The number of thiazole rings is 1. The molecule has 3 aliphatic heterocycles. The molecule has 5 aromatic carbocycles. The number of aromatic nitrogens is 1. The lowest BCUT2D eigenvalue weighted by Gasteiger charge is -2.37. The van der Waals surface area contributed by atoms with Crippen LogP contribution in [-0.4, -0.2) is 151 Å². The number of nitrogens with one attached hydrogen (secondary N) is 1. The fourth-order valence-corrected chi connectivity index (χ4v) is 13.6. The lowest BCUT2D eigenvalue weighted by molar-refractivity contribution is -0.162. The highest BCUT2D eigenvalue weighted by atomic mass is 32.1. The minimum absolute atomic E-state index is 0.00896. The fraction of sp³-hybridized carbons (Fsp3) is 0.466. The average molecular weight is 1290 g/mol. The summed E-state index contributed by atoms with van der Waals surface area (Å²) in [5.41, 5.74) is 11.6. The fourth-order valence-electron chi connectivity index (χ4n) is 12.8. The quantitative estimate of drug-likeness (QED) is 0.0235. The Hall–Kier alpha value is -8.17. The number of esters is 1. The topological polar surface area (TPSA) is 222 Å². The molecule has 2 N–H and O–H groups in total. The number of carbonyl (C=O) groups excluding carboxylic acids is 6. The third-order valence-corrected chi connectivity index (χ3v) is 18.9. The summed E-state index contributed by atoms with van der Waals surface area (Å²) in [6.45, 7) is 14.9. The highest BCUT2D eigenvalue weighted by Crippen LogP contribution is 2.39. The summed E-state index contributed by atoms with van der Waals surface area (Å²) in [7, 11) is 3.16. The molecule has 0 saturated carbocycles. The zero-order valence-electron chi connectivity index (χ0n) is 55.0. The monoisotopic (exact) mass is 1290 g/mol. The molecule has 93 heavy (non-hydrogen) atoms. The number of likely N-dealkylation sites (tertiary alicyclic amines) is 2. The first-order valence-corrected chi connectivity index (χ1v) is 33.3. The number of ether oxygens (including phenoxy) is 7. The molecule has 9 rings (SSSR count). The van der Waals surface area contributed by atoms with E-state index in [1.54, 1.807) is 59.9 Å². The molecule has 2 saturated heterocycles. The van der Waals surface area contributed by atoms with Crippen LogP contribution >= 0.6 is 11.3 Å². The van der Waals surface area contributed by atoms with Crippen LogP contribution < -0.4 is 24.3 Å². The zero-order valence-corrected chi connectivity index (χ0v) is 55.9. The molecule has 4 amide bonds. The molecule has 4 heterocycles. The Labute approximate surface area is 550 Å². The van der Waals surface area contributed by atoms with E-state index in [9.17, 15) is 33.9 Å². The van der Waals surface area contributed by atoms with Gasteiger partial charge in [0.1, 0.15) is 43.0 Å². The number of aliphatic hydroxyl groups excluding tert-OH is 1. The van der Waals surface area contributed by atoms with Gasteiger partial charge in [-0.3, -0.25) is 24.0 Å². The number of methoxy groups -OCH3 is 2. The van der Waals surface area contributed by atoms with Crippen molar-refractivity contribution >= 4 is 46.7 Å². The van der Waals surface area contributed by atoms with Crippen LogP contribution in [0.25, 0.3) is 10.4 Å². The number of aryl methyl sites for hydroxylation is 6. The van der Waals surface area contributed by atoms with Crippen molar-refractivity contribution < 1.29 is 67.0 Å². The molecule has 496 valence electrons. The molecule has 0 aliphatic carbocycles. The maximum Gasteiger partial charge on any atom is 0.329 e. The van der Waals surface area contributed by atoms with E-state index in [0.717, 1.165) is 62.4 Å². The first-order chi connectivity index (χ1) is 44.9. The SMILES string of the molecule is CC[C@H](C(=O)N1CCCC[C@H]1C(=O)O[C@H](CCc1ccc(C)c(C)c1)c1cccc(OCC(=O)NCOCCOCCOc2cc(-c3scnc3C)ccc2CCC(=O)[C@@H]2C[C@@H](O)CN2C(=O)[C@H](C(C)C)N2Cc3ccccc3C2=O)c1)c1cc(C)c(OC)c(OC)c1. The second kappa shape index (κ2) is 32.6. The summed E-state index contributed by atoms with van der Waals surface area (Å²) in [5.74, 6) is -0.368. The molecule has 6 atom stereocenters. The lowest BCUT2D eigenvalue weighted by atomic mass is 9.91. The summed E-state index contributed by atoms with van der Waals surface area (Å²) in [5, 5.41) is 13.6. The number of hydrogen-bond donors (Lipinski definition) is 2. The van der Waals surface area contributed by atoms with Gasteiger partial charge in [0, 0.05) is 38.0 Å². The van der Waals surface area contributed by atoms with Gasteiger partial charge in [-0.2, -0.15) is 0 Å². The molecular formula is C73H89N5O14S. The molecule has 6 aromatic rings. The van der Waals surface area contributed by atoms with Crippen LogP contribution in [0.15, 0.2) is 103 Å². The number of fused-ring (bicyclic) bond motifs is 1. The molecule has 0 unspecified atom stereocenters. The number of β-amino-alcohol motifs (C(OH)–C–C–N with tert-alkyl or cyclic N) is 1. The first-order valence-electron chi connectivity index (χ1n) is 32.4. The van der Waals surface area contributed by atoms with Crippen molar-refractivity contribution in [3.8, 4) is 33.4 Å². The van der Waals surface area contributed by atoms with E-state index in [2.05, 4.69) is 42.3 Å². The van der Waals surface area contributed by atoms with E-state index in [-0.39, 0.29) is 88.6 Å². The average Bonchev–Trinajstić information content (AvgIpc) is 1.71. The number of hydrogen-bond acceptors (Lipinski definition) is 16. The lowest BCUT2D eigenvalue weighted by Crippen LogP contribution is -2.54. The molecule has 0 radical (unpaired) electrons. The Morgan fingerprint density at radius 2 is 1.56 bits per heavy atom. The second-order valence-corrected chi connectivity index (χ2v) is 25.5. The summed E-state index contributed by atoms with van der Waals surface area (Å²) in [6.07, 6.45) is 2.57. The predicted octanol–water partition coefficient (Wildman–Crippen LogP) is 10.6. The Balaban J connectivity index is 0.746. The van der Waals surface area contributed by atoms with Gasteiger partial charge in [0.2, 0.25) is 11.8 Å². The van der Waals surface area contributed by atoms with Gasteiger partial charge in [-0.25, -0.2) is 9.78 Å². The van der Waals surface area contributed by atoms with Crippen molar-refractivity contribution in [2.24, 2.45) is 5.92 Å². The summed E-state index contributed by atoms with van der Waals surface area (Å²) >= 11 is 1.52. The summed E-state index contributed by atoms with van der Waals surface area (Å²) < 4.78 is 41.5. The standard InChI is InChI=1S/C73H89N5O14S/c1-10-58(55-35-48(6)68(87-9)65(38-55)86-8)70(82)76-29-14-13-20-60(76)73(85)92-63(28-23-50-22-21-46(4)47(5)34-50)52-17-15-18-57(36-52)91-42-66(81)74-43-89-31-30-88-32-33-90-64-37-53(69-49(7)75-44-93-69)25-24-51(64)26-27-62(80)61-39-56(79)41-77(61)72(84)67(45(2)3)78-40-54-16-11-12-19-59(54)71(78)83/h11-12,15-19,21-22,24-25,34-38,44-45,56,58,60-61,63,67,79H,10,13-14,20,23,26-33,39-43H2,1-9H3,(H,74,81)/t56-,58+,60+,61+,63-,67+/m1/s1. The van der Waals surface area contributed by atoms with Crippen LogP contribution in [0.1, 0.15) is 138 Å². The second-order valence-electron chi connectivity index (χ2n) is 24.7. The number of aliphatic hydroxyl groups is 1. The molecule has 20 heteroatoms. The van der Waals surface area contributed by atoms with E-state index in [1.165, 1.54) is 21.8 Å². The number of piperidine rings is 1. The molecule has 2 fully saturated rings. The molecule has 19 nitrogen and oxygen atoms in total. The van der Waals surface area contributed by atoms with Gasteiger partial charge in [-0.15, -0.1) is 11.3 Å². The highest BCUT2D eigenvalue weighted by molar-refractivity contribution is 7.13. The highest BCUT2D eigenvalue weighted by Gasteiger charge is 2.46.